The molecule has 1 aromatic heterocycles. The van der Waals surface area contributed by atoms with Gasteiger partial charge in [-0.15, -0.1) is 0 Å². The van der Waals surface area contributed by atoms with Crippen LogP contribution in [-0.2, 0) is 14.6 Å². The molecule has 0 aliphatic carbocycles. The van der Waals surface area contributed by atoms with Crippen molar-refractivity contribution in [3.05, 3.63) is 30.6 Å². The molecule has 1 amide bonds. The summed E-state index contributed by atoms with van der Waals surface area (Å²) >= 11 is 1.37. The first-order valence-electron chi connectivity index (χ1n) is 7.82. The minimum absolute atomic E-state index is 0.0488. The van der Waals surface area contributed by atoms with Crippen LogP contribution in [0.5, 0.6) is 0 Å². The number of benzene rings is 1. The van der Waals surface area contributed by atoms with E-state index in [4.69, 9.17) is 0 Å². The van der Waals surface area contributed by atoms with E-state index in [1.807, 2.05) is 31.2 Å². The molecule has 0 spiro atoms. The standard InChI is InChI=1S/C16H19N3O3S2/c1-2-19(12-7-8-24(21,22)10-12)15(20)9-23-16-13-5-3-4-6-14(13)17-11-18-16/h3-6,11-12H,2,7-10H2,1H3/t12-/m1/s1. The van der Waals surface area contributed by atoms with Gasteiger partial charge in [0, 0.05) is 18.0 Å². The maximum atomic E-state index is 12.5. The van der Waals surface area contributed by atoms with Gasteiger partial charge >= 0.3 is 0 Å². The topological polar surface area (TPSA) is 80.2 Å². The molecule has 2 heterocycles. The van der Waals surface area contributed by atoms with Gasteiger partial charge in [-0.25, -0.2) is 18.4 Å². The summed E-state index contributed by atoms with van der Waals surface area (Å²) in [6.45, 7) is 2.40. The van der Waals surface area contributed by atoms with Gasteiger partial charge in [-0.2, -0.15) is 0 Å². The molecule has 6 nitrogen and oxygen atoms in total. The maximum Gasteiger partial charge on any atom is 0.233 e. The highest BCUT2D eigenvalue weighted by Crippen LogP contribution is 2.25. The van der Waals surface area contributed by atoms with Gasteiger partial charge in [0.05, 0.1) is 22.8 Å². The molecule has 1 saturated heterocycles. The fourth-order valence-electron chi connectivity index (χ4n) is 2.97. The van der Waals surface area contributed by atoms with E-state index in [2.05, 4.69) is 9.97 Å². The van der Waals surface area contributed by atoms with E-state index in [0.717, 1.165) is 15.9 Å². The lowest BCUT2D eigenvalue weighted by atomic mass is 10.2. The number of thioether (sulfide) groups is 1. The van der Waals surface area contributed by atoms with Gasteiger partial charge in [0.15, 0.2) is 9.84 Å². The SMILES string of the molecule is CCN(C(=O)CSc1ncnc2ccccc12)[C@@H]1CCS(=O)(=O)C1. The summed E-state index contributed by atoms with van der Waals surface area (Å²) in [4.78, 5) is 22.7. The van der Waals surface area contributed by atoms with Crippen molar-refractivity contribution < 1.29 is 13.2 Å². The molecular formula is C16H19N3O3S2. The third-order valence-electron chi connectivity index (χ3n) is 4.15. The van der Waals surface area contributed by atoms with E-state index in [1.165, 1.54) is 18.1 Å². The number of aromatic nitrogens is 2. The zero-order chi connectivity index (χ0) is 17.2. The smallest absolute Gasteiger partial charge is 0.233 e. The van der Waals surface area contributed by atoms with Crippen LogP contribution in [0.25, 0.3) is 10.9 Å². The van der Waals surface area contributed by atoms with Gasteiger partial charge < -0.3 is 4.90 Å². The number of nitrogens with zero attached hydrogens (tertiary/aromatic N) is 3. The molecular weight excluding hydrogens is 346 g/mol. The number of hydrogen-bond acceptors (Lipinski definition) is 6. The number of rotatable bonds is 5. The molecule has 3 rings (SSSR count). The van der Waals surface area contributed by atoms with Crippen LogP contribution in [0.2, 0.25) is 0 Å². The number of fused-ring (bicyclic) bond motifs is 1. The van der Waals surface area contributed by atoms with Crippen LogP contribution in [0.15, 0.2) is 35.6 Å². The molecule has 0 radical (unpaired) electrons. The van der Waals surface area contributed by atoms with Crippen LogP contribution in [0, 0.1) is 0 Å². The highest BCUT2D eigenvalue weighted by atomic mass is 32.2. The first-order chi connectivity index (χ1) is 11.5. The molecule has 0 unspecified atom stereocenters. The van der Waals surface area contributed by atoms with E-state index in [0.29, 0.717) is 13.0 Å². The van der Waals surface area contributed by atoms with Gasteiger partial charge in [0.25, 0.3) is 0 Å². The summed E-state index contributed by atoms with van der Waals surface area (Å²) in [6.07, 6.45) is 2.03. The quantitative estimate of drug-likeness (QED) is 0.593. The first kappa shape index (κ1) is 17.2. The molecule has 0 saturated carbocycles. The van der Waals surface area contributed by atoms with E-state index >= 15 is 0 Å². The highest BCUT2D eigenvalue weighted by molar-refractivity contribution is 8.00. The lowest BCUT2D eigenvalue weighted by molar-refractivity contribution is -0.129. The number of hydrogen-bond donors (Lipinski definition) is 0. The van der Waals surface area contributed by atoms with Gasteiger partial charge in [-0.3, -0.25) is 4.79 Å². The van der Waals surface area contributed by atoms with Crippen molar-refractivity contribution in [2.24, 2.45) is 0 Å². The van der Waals surface area contributed by atoms with Gasteiger partial charge in [0.1, 0.15) is 11.4 Å². The highest BCUT2D eigenvalue weighted by Gasteiger charge is 2.33. The lowest BCUT2D eigenvalue weighted by Crippen LogP contribution is -2.41. The second-order valence-corrected chi connectivity index (χ2v) is 8.91. The Kier molecular flexibility index (Phi) is 5.05. The summed E-state index contributed by atoms with van der Waals surface area (Å²) < 4.78 is 23.3. The van der Waals surface area contributed by atoms with E-state index < -0.39 is 9.84 Å². The van der Waals surface area contributed by atoms with Gasteiger partial charge in [-0.05, 0) is 19.4 Å². The Morgan fingerprint density at radius 2 is 2.12 bits per heavy atom. The minimum atomic E-state index is -3.00. The van der Waals surface area contributed by atoms with Crippen LogP contribution in [0.1, 0.15) is 13.3 Å². The van der Waals surface area contributed by atoms with Crippen molar-refractivity contribution in [2.45, 2.75) is 24.4 Å². The molecule has 128 valence electrons. The molecule has 1 aliphatic rings. The average Bonchev–Trinajstić information content (AvgIpc) is 2.93. The molecule has 8 heteroatoms. The average molecular weight is 365 g/mol. The molecule has 0 bridgehead atoms. The van der Waals surface area contributed by atoms with Crippen LogP contribution >= 0.6 is 11.8 Å². The summed E-state index contributed by atoms with van der Waals surface area (Å²) in [6, 6.07) is 7.47. The number of para-hydroxylation sites is 1. The monoisotopic (exact) mass is 365 g/mol. The van der Waals surface area contributed by atoms with Crippen molar-refractivity contribution in [1.82, 2.24) is 14.9 Å². The number of sulfone groups is 1. The Bertz CT molecular complexity index is 849. The second kappa shape index (κ2) is 7.06. The number of carbonyl (C=O) groups excluding carboxylic acids is 1. The Labute approximate surface area is 145 Å². The zero-order valence-corrected chi connectivity index (χ0v) is 15.0. The van der Waals surface area contributed by atoms with Gasteiger partial charge in [-0.1, -0.05) is 30.0 Å². The van der Waals surface area contributed by atoms with Crippen LogP contribution in [0.4, 0.5) is 0 Å². The van der Waals surface area contributed by atoms with Gasteiger partial charge in [0.2, 0.25) is 5.91 Å². The fourth-order valence-corrected chi connectivity index (χ4v) is 5.57. The Morgan fingerprint density at radius 3 is 2.83 bits per heavy atom. The Morgan fingerprint density at radius 1 is 1.33 bits per heavy atom. The first-order valence-corrected chi connectivity index (χ1v) is 10.6. The van der Waals surface area contributed by atoms with Crippen LogP contribution < -0.4 is 0 Å². The van der Waals surface area contributed by atoms with Crippen molar-refractivity contribution in [3.63, 3.8) is 0 Å². The minimum Gasteiger partial charge on any atom is -0.338 e. The third kappa shape index (κ3) is 3.70. The second-order valence-electron chi connectivity index (χ2n) is 5.72. The summed E-state index contributed by atoms with van der Waals surface area (Å²) in [5.74, 6) is 0.441. The molecule has 2 aromatic rings. The summed E-state index contributed by atoms with van der Waals surface area (Å²) in [5, 5.41) is 1.69. The zero-order valence-electron chi connectivity index (χ0n) is 13.4. The summed E-state index contributed by atoms with van der Waals surface area (Å²) in [5.41, 5.74) is 0.844. The van der Waals surface area contributed by atoms with Crippen LogP contribution in [-0.4, -0.2) is 59.0 Å². The molecule has 24 heavy (non-hydrogen) atoms. The van der Waals surface area contributed by atoms with E-state index in [9.17, 15) is 13.2 Å². The summed E-state index contributed by atoms with van der Waals surface area (Å²) in [7, 11) is -3.00. The largest absolute Gasteiger partial charge is 0.338 e. The van der Waals surface area contributed by atoms with E-state index in [-0.39, 0.29) is 29.2 Å². The normalized spacial score (nSPS) is 19.5. The molecule has 1 aliphatic heterocycles. The predicted molar refractivity (Wildman–Crippen MR) is 94.7 cm³/mol. The Balaban J connectivity index is 1.70. The van der Waals surface area contributed by atoms with Crippen molar-refractivity contribution >= 4 is 38.4 Å². The molecule has 0 N–H and O–H groups in total. The molecule has 1 aromatic carbocycles. The van der Waals surface area contributed by atoms with Crippen molar-refractivity contribution in [2.75, 3.05) is 23.8 Å². The fraction of sp³-hybridized carbons (Fsp3) is 0.438. The van der Waals surface area contributed by atoms with Crippen molar-refractivity contribution in [3.8, 4) is 0 Å². The predicted octanol–water partition coefficient (Wildman–Crippen LogP) is 1.76. The molecule has 1 atom stereocenters. The van der Waals surface area contributed by atoms with E-state index in [1.54, 1.807) is 4.90 Å². The molecule has 1 fully saturated rings. The number of carbonyl (C=O) groups is 1. The number of amides is 1. The van der Waals surface area contributed by atoms with Crippen LogP contribution in [0.3, 0.4) is 0 Å². The lowest BCUT2D eigenvalue weighted by Gasteiger charge is -2.26. The Hall–Kier alpha value is -1.67. The van der Waals surface area contributed by atoms with Crippen molar-refractivity contribution in [1.29, 1.82) is 0 Å². The maximum absolute atomic E-state index is 12.5. The third-order valence-corrected chi connectivity index (χ3v) is 6.89.